The van der Waals surface area contributed by atoms with Crippen LogP contribution in [0.2, 0.25) is 0 Å². The maximum atomic E-state index is 5.94. The van der Waals surface area contributed by atoms with Gasteiger partial charge in [0.05, 0.1) is 4.87 Å². The molecule has 0 nitrogen and oxygen atoms in total. The minimum atomic E-state index is 0.484. The van der Waals surface area contributed by atoms with Gasteiger partial charge in [-0.3, -0.25) is 0 Å². The van der Waals surface area contributed by atoms with Crippen LogP contribution in [0.4, 0.5) is 0 Å². The van der Waals surface area contributed by atoms with Crippen LogP contribution < -0.4 is 0 Å². The first-order valence-corrected chi connectivity index (χ1v) is 2.93. The van der Waals surface area contributed by atoms with Gasteiger partial charge in [0.25, 0.3) is 0 Å². The van der Waals surface area contributed by atoms with Crippen molar-refractivity contribution in [2.24, 2.45) is 23.2 Å². The molecule has 1 heteroatoms. The second-order valence-corrected chi connectivity index (χ2v) is 3.81. The topological polar surface area (TPSA) is 0 Å². The normalized spacial score (nSPS) is 118. The SMILES string of the molecule is ClC12C3C4C1C432. The number of fused-ring (bicyclic) bond motifs is 4. The summed E-state index contributed by atoms with van der Waals surface area (Å²) in [6.07, 6.45) is 0. The molecule has 0 aromatic carbocycles. The third-order valence-corrected chi connectivity index (χ3v) is 4.28. The van der Waals surface area contributed by atoms with Gasteiger partial charge in [-0.15, -0.1) is 11.6 Å². The predicted molar refractivity (Wildman–Crippen MR) is 21.5 cm³/mol. The van der Waals surface area contributed by atoms with Crippen molar-refractivity contribution in [3.8, 4) is 0 Å². The van der Waals surface area contributed by atoms with Crippen molar-refractivity contribution in [2.45, 2.75) is 4.87 Å². The lowest BCUT2D eigenvalue weighted by Crippen LogP contribution is -2.17. The minimum absolute atomic E-state index is 0.484. The van der Waals surface area contributed by atoms with E-state index in [-0.39, 0.29) is 0 Å². The van der Waals surface area contributed by atoms with Crippen molar-refractivity contribution in [3.05, 3.63) is 0 Å². The highest BCUT2D eigenvalue weighted by molar-refractivity contribution is 6.37. The number of hydrogen-bond acceptors (Lipinski definition) is 0. The summed E-state index contributed by atoms with van der Waals surface area (Å²) in [5, 5.41) is 0. The summed E-state index contributed by atoms with van der Waals surface area (Å²) in [7, 11) is 0. The van der Waals surface area contributed by atoms with E-state index in [1.165, 1.54) is 5.92 Å². The van der Waals surface area contributed by atoms with E-state index in [2.05, 4.69) is 0 Å². The van der Waals surface area contributed by atoms with Crippen LogP contribution in [0, 0.1) is 23.2 Å². The van der Waals surface area contributed by atoms with Gasteiger partial charge in [0.15, 0.2) is 0 Å². The van der Waals surface area contributed by atoms with Crippen LogP contribution in [0.3, 0.4) is 0 Å². The Balaban J connectivity index is 2.38. The van der Waals surface area contributed by atoms with Gasteiger partial charge in [-0.05, 0) is 17.8 Å². The van der Waals surface area contributed by atoms with Gasteiger partial charge >= 0.3 is 0 Å². The van der Waals surface area contributed by atoms with Gasteiger partial charge in [-0.2, -0.15) is 0 Å². The molecule has 0 heterocycles. The number of halogens is 1. The average molecular weight is 98.5 g/mol. The maximum Gasteiger partial charge on any atom is 0.0586 e. The molecule has 2 atom stereocenters. The Bertz CT molecular complexity index is 162. The van der Waals surface area contributed by atoms with E-state index in [1.54, 1.807) is 0 Å². The number of alkyl halides is 1. The molecule has 4 aliphatic rings. The van der Waals surface area contributed by atoms with Crippen LogP contribution in [0.15, 0.2) is 0 Å². The standard InChI is InChI=1S/C5H3Cl/c6-5-2-1-3(5)4(1,2)5/h1-3H. The fraction of sp³-hybridized carbons (Fsp3) is 1.00. The van der Waals surface area contributed by atoms with E-state index >= 15 is 0 Å². The molecule has 4 saturated carbocycles. The average Bonchev–Trinajstić information content (AvgIpc) is 2.08. The van der Waals surface area contributed by atoms with Crippen molar-refractivity contribution >= 4 is 11.6 Å². The summed E-state index contributed by atoms with van der Waals surface area (Å²) >= 11 is 5.94. The van der Waals surface area contributed by atoms with Gasteiger partial charge in [-0.25, -0.2) is 0 Å². The van der Waals surface area contributed by atoms with E-state index in [4.69, 9.17) is 11.6 Å². The van der Waals surface area contributed by atoms with Gasteiger partial charge < -0.3 is 0 Å². The molecule has 2 unspecified atom stereocenters. The van der Waals surface area contributed by atoms with Crippen molar-refractivity contribution in [1.29, 1.82) is 0 Å². The zero-order valence-electron chi connectivity index (χ0n) is 3.11. The van der Waals surface area contributed by atoms with E-state index in [9.17, 15) is 0 Å². The Morgan fingerprint density at radius 1 is 1.33 bits per heavy atom. The Kier molecular flexibility index (Phi) is 0.0730. The molecule has 4 fully saturated rings. The molecule has 0 N–H and O–H groups in total. The van der Waals surface area contributed by atoms with Crippen molar-refractivity contribution < 1.29 is 0 Å². The maximum absolute atomic E-state index is 5.94. The molecule has 1 spiro atoms. The van der Waals surface area contributed by atoms with E-state index in [0.29, 0.717) is 4.87 Å². The van der Waals surface area contributed by atoms with Gasteiger partial charge in [0.1, 0.15) is 0 Å². The molecular weight excluding hydrogens is 95.5 g/mol. The summed E-state index contributed by atoms with van der Waals surface area (Å²) in [6, 6.07) is 0. The highest BCUT2D eigenvalue weighted by Gasteiger charge is 3.30. The molecule has 30 valence electrons. The summed E-state index contributed by atoms with van der Waals surface area (Å²) in [4.78, 5) is 0.484. The quantitative estimate of drug-likeness (QED) is 0.394. The molecule has 0 aliphatic heterocycles. The smallest absolute Gasteiger partial charge is 0.0586 e. The molecular formula is C5H3Cl. The zero-order chi connectivity index (χ0) is 3.73. The molecule has 0 aromatic heterocycles. The zero-order valence-corrected chi connectivity index (χ0v) is 3.87. The Hall–Kier alpha value is 0.290. The summed E-state index contributed by atoms with van der Waals surface area (Å²) < 4.78 is 0. The summed E-state index contributed by atoms with van der Waals surface area (Å²) in [5.74, 6) is 3.32. The Morgan fingerprint density at radius 3 is 1.67 bits per heavy atom. The van der Waals surface area contributed by atoms with Gasteiger partial charge in [-0.1, -0.05) is 0 Å². The van der Waals surface area contributed by atoms with Crippen LogP contribution in [0.25, 0.3) is 0 Å². The molecule has 6 heavy (non-hydrogen) atoms. The third-order valence-electron chi connectivity index (χ3n) is 3.48. The van der Waals surface area contributed by atoms with Crippen LogP contribution in [-0.4, -0.2) is 4.87 Å². The summed E-state index contributed by atoms with van der Waals surface area (Å²) in [5.41, 5.74) is 0.870. The monoisotopic (exact) mass is 98.0 g/mol. The van der Waals surface area contributed by atoms with Crippen LogP contribution in [0.5, 0.6) is 0 Å². The number of hydrogen-bond donors (Lipinski definition) is 0. The highest BCUT2D eigenvalue weighted by atomic mass is 35.5. The van der Waals surface area contributed by atoms with Crippen molar-refractivity contribution in [3.63, 3.8) is 0 Å². The van der Waals surface area contributed by atoms with Crippen LogP contribution >= 0.6 is 11.6 Å². The van der Waals surface area contributed by atoms with E-state index in [1.807, 2.05) is 0 Å². The van der Waals surface area contributed by atoms with Crippen molar-refractivity contribution in [1.82, 2.24) is 0 Å². The fourth-order valence-corrected chi connectivity index (χ4v) is 3.66. The Labute approximate surface area is 40.5 Å². The fourth-order valence-electron chi connectivity index (χ4n) is 2.77. The predicted octanol–water partition coefficient (Wildman–Crippen LogP) is 0.853. The van der Waals surface area contributed by atoms with Crippen LogP contribution in [-0.2, 0) is 0 Å². The second-order valence-electron chi connectivity index (χ2n) is 3.18. The largest absolute Gasteiger partial charge is 0.118 e. The molecule has 0 amide bonds. The lowest BCUT2D eigenvalue weighted by molar-refractivity contribution is 0.461. The molecule has 0 bridgehead atoms. The molecule has 0 saturated heterocycles. The third kappa shape index (κ3) is 0.0301. The molecule has 4 rings (SSSR count). The second kappa shape index (κ2) is 0.215. The van der Waals surface area contributed by atoms with Crippen LogP contribution in [0.1, 0.15) is 0 Å². The first kappa shape index (κ1) is 2.04. The van der Waals surface area contributed by atoms with Gasteiger partial charge in [0.2, 0.25) is 0 Å². The molecule has 0 radical (unpaired) electrons. The molecule has 4 aliphatic carbocycles. The first-order valence-electron chi connectivity index (χ1n) is 2.55. The van der Waals surface area contributed by atoms with Crippen molar-refractivity contribution in [2.75, 3.05) is 0 Å². The first-order chi connectivity index (χ1) is 2.86. The Morgan fingerprint density at radius 2 is 1.67 bits per heavy atom. The molecule has 0 aromatic rings. The lowest BCUT2D eigenvalue weighted by atomic mass is 10.0. The van der Waals surface area contributed by atoms with Gasteiger partial charge in [0, 0.05) is 5.41 Å². The van der Waals surface area contributed by atoms with E-state index < -0.39 is 0 Å². The number of rotatable bonds is 0. The highest BCUT2D eigenvalue weighted by Crippen LogP contribution is 3.27. The summed E-state index contributed by atoms with van der Waals surface area (Å²) in [6.45, 7) is 0. The minimum Gasteiger partial charge on any atom is -0.118 e. The lowest BCUT2D eigenvalue weighted by Gasteiger charge is -2.14. The van der Waals surface area contributed by atoms with E-state index in [0.717, 1.165) is 17.3 Å².